The highest BCUT2D eigenvalue weighted by molar-refractivity contribution is 6.62. The number of carbonyl (C=O) groups excluding carboxylic acids is 4. The summed E-state index contributed by atoms with van der Waals surface area (Å²) in [5.41, 5.74) is 16.5. The van der Waals surface area contributed by atoms with Crippen molar-refractivity contribution in [2.45, 2.75) is 119 Å². The van der Waals surface area contributed by atoms with E-state index in [9.17, 15) is 19.2 Å². The van der Waals surface area contributed by atoms with Crippen LogP contribution in [0.3, 0.4) is 0 Å². The molecule has 414 valence electrons. The summed E-state index contributed by atoms with van der Waals surface area (Å²) in [5.74, 6) is 0.988. The second-order valence-electron chi connectivity index (χ2n) is 21.8. The molecule has 0 radical (unpaired) electrons. The average Bonchev–Trinajstić information content (AvgIpc) is 3.77. The standard InChI is InChI=1S/C30H33NO4.C24H30BNO3.C12H14O3/c1-19-6-7-24(14-20(19)2)30(33)31-13-12-22-8-9-23(16-25(22)18-31)28(17-29(32)35-5)27-11-10-26(34-4)15-21(27)3;1-16-7-8-19(13-17(16)2)22(27)26-12-11-18-9-10-21(14-20(18)15-26)25-28-23(3,4)24(5,6)29-25;1-9-8-11(14-2)6-4-10(9)5-7-12(13)15-3/h6-11,14-16,28H,12-13,17-18H2,1-5H3;7-10,13-14H,11-12,15H2,1-6H3;4-8H,1-3H3/b;;7-5+. The van der Waals surface area contributed by atoms with E-state index in [0.29, 0.717) is 19.6 Å². The molecular formula is C66H77BN2O10. The molecule has 2 amide bonds. The molecule has 3 aliphatic heterocycles. The first kappa shape index (κ1) is 59.2. The van der Waals surface area contributed by atoms with Crippen LogP contribution < -0.4 is 14.9 Å². The van der Waals surface area contributed by atoms with Crippen molar-refractivity contribution in [3.05, 3.63) is 199 Å². The van der Waals surface area contributed by atoms with Gasteiger partial charge in [-0.2, -0.15) is 0 Å². The van der Waals surface area contributed by atoms with Gasteiger partial charge in [-0.05, 0) is 214 Å². The minimum absolute atomic E-state index is 0.0567. The van der Waals surface area contributed by atoms with E-state index in [4.69, 9.17) is 23.5 Å². The van der Waals surface area contributed by atoms with Gasteiger partial charge in [0.15, 0.2) is 0 Å². The van der Waals surface area contributed by atoms with Crippen molar-refractivity contribution in [2.75, 3.05) is 41.5 Å². The summed E-state index contributed by atoms with van der Waals surface area (Å²) < 4.78 is 32.4. The first-order valence-corrected chi connectivity index (χ1v) is 27.0. The van der Waals surface area contributed by atoms with E-state index >= 15 is 0 Å². The molecule has 1 unspecified atom stereocenters. The summed E-state index contributed by atoms with van der Waals surface area (Å²) in [6.07, 6.45) is 5.05. The maximum Gasteiger partial charge on any atom is 0.494 e. The van der Waals surface area contributed by atoms with E-state index in [0.717, 1.165) is 92.0 Å². The number of carbonyl (C=O) groups is 4. The number of benzene rings is 6. The summed E-state index contributed by atoms with van der Waals surface area (Å²) in [6.45, 7) is 23.1. The van der Waals surface area contributed by atoms with Crippen LogP contribution in [0.15, 0.2) is 115 Å². The van der Waals surface area contributed by atoms with Crippen molar-refractivity contribution in [1.82, 2.24) is 9.80 Å². The molecule has 1 saturated heterocycles. The molecule has 1 atom stereocenters. The second-order valence-corrected chi connectivity index (χ2v) is 21.8. The fourth-order valence-electron chi connectivity index (χ4n) is 9.97. The highest BCUT2D eigenvalue weighted by atomic mass is 16.7. The number of methoxy groups -OCH3 is 4. The molecule has 3 aliphatic rings. The Labute approximate surface area is 468 Å². The Balaban J connectivity index is 0.000000185. The van der Waals surface area contributed by atoms with E-state index in [2.05, 4.69) is 89.6 Å². The number of amides is 2. The topological polar surface area (TPSA) is 130 Å². The normalized spacial score (nSPS) is 15.3. The molecule has 3 heterocycles. The summed E-state index contributed by atoms with van der Waals surface area (Å²) in [7, 11) is 5.67. The Morgan fingerprint density at radius 3 is 1.57 bits per heavy atom. The molecule has 0 spiro atoms. The molecule has 0 bridgehead atoms. The van der Waals surface area contributed by atoms with Gasteiger partial charge in [0.05, 0.1) is 46.1 Å². The van der Waals surface area contributed by atoms with Gasteiger partial charge in [-0.3, -0.25) is 14.4 Å². The van der Waals surface area contributed by atoms with Gasteiger partial charge in [0.25, 0.3) is 11.8 Å². The fraction of sp³-hybridized carbons (Fsp3) is 0.364. The lowest BCUT2D eigenvalue weighted by molar-refractivity contribution is -0.141. The molecule has 1 fully saturated rings. The molecule has 6 aromatic carbocycles. The highest BCUT2D eigenvalue weighted by Crippen LogP contribution is 2.38. The molecule has 6 aromatic rings. The van der Waals surface area contributed by atoms with Gasteiger partial charge >= 0.3 is 19.1 Å². The number of ether oxygens (including phenoxy) is 4. The average molecular weight is 1070 g/mol. The zero-order chi connectivity index (χ0) is 57.3. The zero-order valence-corrected chi connectivity index (χ0v) is 48.6. The van der Waals surface area contributed by atoms with Gasteiger partial charge in [-0.15, -0.1) is 0 Å². The summed E-state index contributed by atoms with van der Waals surface area (Å²) in [4.78, 5) is 53.4. The minimum atomic E-state index is -0.379. The molecule has 0 N–H and O–H groups in total. The smallest absolute Gasteiger partial charge is 0.494 e. The quantitative estimate of drug-likeness (QED) is 0.0702. The van der Waals surface area contributed by atoms with Crippen molar-refractivity contribution in [3.8, 4) is 11.5 Å². The predicted octanol–water partition coefficient (Wildman–Crippen LogP) is 11.5. The monoisotopic (exact) mass is 1070 g/mol. The van der Waals surface area contributed by atoms with Crippen LogP contribution in [0, 0.1) is 41.5 Å². The maximum atomic E-state index is 13.3. The van der Waals surface area contributed by atoms with Crippen LogP contribution in [0.4, 0.5) is 0 Å². The van der Waals surface area contributed by atoms with Gasteiger partial charge in [-0.1, -0.05) is 60.7 Å². The maximum absolute atomic E-state index is 13.3. The molecular weight excluding hydrogens is 992 g/mol. The number of hydrogen-bond acceptors (Lipinski definition) is 10. The van der Waals surface area contributed by atoms with Gasteiger partial charge < -0.3 is 38.1 Å². The van der Waals surface area contributed by atoms with E-state index in [1.165, 1.54) is 48.1 Å². The number of aryl methyl sites for hydroxylation is 6. The Kier molecular flexibility index (Phi) is 19.1. The Hall–Kier alpha value is -7.48. The van der Waals surface area contributed by atoms with Crippen LogP contribution in [0.5, 0.6) is 11.5 Å². The number of esters is 2. The second kappa shape index (κ2) is 25.5. The molecule has 9 rings (SSSR count). The fourth-order valence-corrected chi connectivity index (χ4v) is 9.97. The largest absolute Gasteiger partial charge is 0.497 e. The van der Waals surface area contributed by atoms with Crippen molar-refractivity contribution in [2.24, 2.45) is 0 Å². The summed E-state index contributed by atoms with van der Waals surface area (Å²) in [5, 5.41) is 0. The van der Waals surface area contributed by atoms with Gasteiger partial charge in [0.1, 0.15) is 11.5 Å². The van der Waals surface area contributed by atoms with Gasteiger partial charge in [0.2, 0.25) is 0 Å². The molecule has 12 nitrogen and oxygen atoms in total. The van der Waals surface area contributed by atoms with Crippen LogP contribution in [0.1, 0.15) is 133 Å². The van der Waals surface area contributed by atoms with E-state index in [1.807, 2.05) is 103 Å². The molecule has 13 heteroatoms. The number of fused-ring (bicyclic) bond motifs is 2. The third-order valence-corrected chi connectivity index (χ3v) is 16.0. The minimum Gasteiger partial charge on any atom is -0.497 e. The number of rotatable bonds is 11. The Morgan fingerprint density at radius 1 is 0.557 bits per heavy atom. The van der Waals surface area contributed by atoms with Crippen LogP contribution >= 0.6 is 0 Å². The Morgan fingerprint density at radius 2 is 1.08 bits per heavy atom. The lowest BCUT2D eigenvalue weighted by Crippen LogP contribution is -2.41. The molecule has 0 aromatic heterocycles. The third-order valence-electron chi connectivity index (χ3n) is 16.0. The van der Waals surface area contributed by atoms with Crippen molar-refractivity contribution in [3.63, 3.8) is 0 Å². The third kappa shape index (κ3) is 14.2. The number of hydrogen-bond donors (Lipinski definition) is 0. The Bertz CT molecular complexity index is 3240. The first-order valence-electron chi connectivity index (χ1n) is 27.0. The SMILES string of the molecule is COC(=O)/C=C/c1ccc(OC)cc1C.COC(=O)CC(c1ccc2c(c1)CN(C(=O)c1ccc(C)c(C)c1)CC2)c1ccc(OC)cc1C.Cc1ccc(C(=O)N2CCc3ccc(B4OC(C)(C)C(C)(C)O4)cc3C2)cc1C. The summed E-state index contributed by atoms with van der Waals surface area (Å²) in [6, 6.07) is 36.3. The molecule has 0 saturated carbocycles. The lowest BCUT2D eigenvalue weighted by Gasteiger charge is -2.32. The van der Waals surface area contributed by atoms with E-state index in [1.54, 1.807) is 20.3 Å². The van der Waals surface area contributed by atoms with Crippen molar-refractivity contribution in [1.29, 1.82) is 0 Å². The molecule has 0 aliphatic carbocycles. The van der Waals surface area contributed by atoms with E-state index in [-0.39, 0.29) is 54.4 Å². The lowest BCUT2D eigenvalue weighted by atomic mass is 9.77. The van der Waals surface area contributed by atoms with Crippen LogP contribution in [0.2, 0.25) is 0 Å². The van der Waals surface area contributed by atoms with Crippen molar-refractivity contribution < 1.29 is 47.4 Å². The van der Waals surface area contributed by atoms with E-state index < -0.39 is 0 Å². The molecule has 79 heavy (non-hydrogen) atoms. The zero-order valence-electron chi connectivity index (χ0n) is 48.6. The number of nitrogens with zero attached hydrogens (tertiary/aromatic N) is 2. The van der Waals surface area contributed by atoms with Crippen LogP contribution in [-0.4, -0.2) is 93.4 Å². The van der Waals surface area contributed by atoms with Crippen LogP contribution in [0.25, 0.3) is 6.08 Å². The highest BCUT2D eigenvalue weighted by Gasteiger charge is 2.52. The first-order chi connectivity index (χ1) is 37.5. The van der Waals surface area contributed by atoms with Crippen LogP contribution in [-0.2, 0) is 54.3 Å². The predicted molar refractivity (Wildman–Crippen MR) is 312 cm³/mol. The van der Waals surface area contributed by atoms with Crippen molar-refractivity contribution >= 4 is 42.4 Å². The van der Waals surface area contributed by atoms with Gasteiger partial charge in [-0.25, -0.2) is 4.79 Å². The summed E-state index contributed by atoms with van der Waals surface area (Å²) >= 11 is 0. The van der Waals surface area contributed by atoms with Gasteiger partial charge in [0, 0.05) is 49.3 Å².